The third kappa shape index (κ3) is 1.29. The number of nitrogens with zero attached hydrogens (tertiary/aromatic N) is 1. The van der Waals surface area contributed by atoms with Crippen LogP contribution in [0.1, 0.15) is 0 Å². The molecule has 1 aromatic carbocycles. The smallest absolute Gasteiger partial charge is 0.174 e. The number of hydrogen-bond acceptors (Lipinski definition) is 2. The molecule has 0 aliphatic carbocycles. The highest BCUT2D eigenvalue weighted by Gasteiger charge is 2.12. The fourth-order valence-corrected chi connectivity index (χ4v) is 1.57. The van der Waals surface area contributed by atoms with Crippen LogP contribution in [0.5, 0.6) is 0 Å². The number of halogens is 2. The minimum atomic E-state index is -0.691. The van der Waals surface area contributed by atoms with Crippen molar-refractivity contribution in [3.8, 4) is 11.6 Å². The third-order valence-electron chi connectivity index (χ3n) is 2.26. The summed E-state index contributed by atoms with van der Waals surface area (Å²) < 4.78 is 31.4. The summed E-state index contributed by atoms with van der Waals surface area (Å²) in [5.74, 6) is -0.468. The van der Waals surface area contributed by atoms with E-state index in [0.29, 0.717) is 17.1 Å². The Bertz CT molecular complexity index is 643. The van der Waals surface area contributed by atoms with E-state index in [0.717, 1.165) is 6.07 Å². The van der Waals surface area contributed by atoms with Crippen molar-refractivity contribution in [3.05, 3.63) is 42.2 Å². The lowest BCUT2D eigenvalue weighted by Crippen LogP contribution is -1.81. The van der Waals surface area contributed by atoms with Crippen molar-refractivity contribution in [3.63, 3.8) is 0 Å². The van der Waals surface area contributed by atoms with E-state index in [1.165, 1.54) is 12.3 Å². The van der Waals surface area contributed by atoms with E-state index < -0.39 is 11.6 Å². The number of aromatic amines is 1. The van der Waals surface area contributed by atoms with Gasteiger partial charge in [0.1, 0.15) is 11.3 Å². The molecule has 2 aromatic heterocycles. The monoisotopic (exact) mass is 220 g/mol. The molecule has 3 nitrogen and oxygen atoms in total. The molecule has 16 heavy (non-hydrogen) atoms. The molecule has 0 unspecified atom stereocenters. The number of nitrogens with one attached hydrogen (secondary N) is 1. The van der Waals surface area contributed by atoms with Gasteiger partial charge in [-0.25, -0.2) is 13.8 Å². The van der Waals surface area contributed by atoms with Crippen molar-refractivity contribution in [2.24, 2.45) is 0 Å². The van der Waals surface area contributed by atoms with Crippen LogP contribution in [0.25, 0.3) is 22.6 Å². The summed E-state index contributed by atoms with van der Waals surface area (Å²) in [6.45, 7) is 0. The van der Waals surface area contributed by atoms with Crippen LogP contribution in [0.15, 0.2) is 34.9 Å². The summed E-state index contributed by atoms with van der Waals surface area (Å²) in [5.41, 5.74) is 0.414. The quantitative estimate of drug-likeness (QED) is 0.684. The number of H-pyrrole nitrogens is 1. The fraction of sp³-hybridized carbons (Fsp3) is 0. The first-order chi connectivity index (χ1) is 7.74. The predicted molar refractivity (Wildman–Crippen MR) is 53.7 cm³/mol. The lowest BCUT2D eigenvalue weighted by atomic mass is 10.3. The minimum absolute atomic E-state index is 0.104. The second-order valence-corrected chi connectivity index (χ2v) is 3.35. The van der Waals surface area contributed by atoms with Crippen LogP contribution >= 0.6 is 0 Å². The predicted octanol–water partition coefficient (Wildman–Crippen LogP) is 3.10. The third-order valence-corrected chi connectivity index (χ3v) is 2.26. The Balaban J connectivity index is 2.27. The molecule has 0 bridgehead atoms. The van der Waals surface area contributed by atoms with E-state index in [1.807, 2.05) is 0 Å². The van der Waals surface area contributed by atoms with Gasteiger partial charge in [-0.05, 0) is 18.2 Å². The highest BCUT2D eigenvalue weighted by atomic mass is 19.1. The Morgan fingerprint density at radius 3 is 2.88 bits per heavy atom. The van der Waals surface area contributed by atoms with E-state index >= 15 is 0 Å². The Morgan fingerprint density at radius 2 is 2.12 bits per heavy atom. The van der Waals surface area contributed by atoms with Crippen LogP contribution < -0.4 is 0 Å². The molecule has 1 N–H and O–H groups in total. The molecule has 0 aliphatic heterocycles. The summed E-state index contributed by atoms with van der Waals surface area (Å²) in [5, 5.41) is 0. The van der Waals surface area contributed by atoms with Crippen molar-refractivity contribution < 1.29 is 13.2 Å². The number of fused-ring (bicyclic) bond motifs is 1. The first-order valence-electron chi connectivity index (χ1n) is 4.63. The molecule has 5 heteroatoms. The van der Waals surface area contributed by atoms with Crippen molar-refractivity contribution in [2.45, 2.75) is 0 Å². The van der Waals surface area contributed by atoms with Crippen molar-refractivity contribution in [2.75, 3.05) is 0 Å². The average Bonchev–Trinajstić information content (AvgIpc) is 2.82. The van der Waals surface area contributed by atoms with Crippen molar-refractivity contribution in [1.82, 2.24) is 9.97 Å². The largest absolute Gasteiger partial charge is 0.461 e. The number of hydrogen-bond donors (Lipinski definition) is 1. The maximum absolute atomic E-state index is 13.3. The molecule has 0 atom stereocenters. The zero-order valence-electron chi connectivity index (χ0n) is 8.00. The summed E-state index contributed by atoms with van der Waals surface area (Å²) >= 11 is 0. The number of furan rings is 1. The van der Waals surface area contributed by atoms with E-state index in [-0.39, 0.29) is 5.52 Å². The van der Waals surface area contributed by atoms with Crippen molar-refractivity contribution >= 4 is 11.0 Å². The van der Waals surface area contributed by atoms with Gasteiger partial charge in [-0.1, -0.05) is 0 Å². The topological polar surface area (TPSA) is 41.8 Å². The van der Waals surface area contributed by atoms with Gasteiger partial charge in [0.25, 0.3) is 0 Å². The SMILES string of the molecule is Fc1cc(F)c2nc(-c3ccco3)[nH]c2c1. The van der Waals surface area contributed by atoms with Crippen LogP contribution in [0.4, 0.5) is 8.78 Å². The van der Waals surface area contributed by atoms with Crippen molar-refractivity contribution in [1.29, 1.82) is 0 Å². The van der Waals surface area contributed by atoms with Gasteiger partial charge < -0.3 is 9.40 Å². The summed E-state index contributed by atoms with van der Waals surface area (Å²) in [6.07, 6.45) is 1.49. The van der Waals surface area contributed by atoms with Gasteiger partial charge in [0.05, 0.1) is 11.8 Å². The molecule has 0 saturated carbocycles. The molecule has 3 aromatic rings. The minimum Gasteiger partial charge on any atom is -0.461 e. The van der Waals surface area contributed by atoms with Gasteiger partial charge in [0.15, 0.2) is 17.4 Å². The van der Waals surface area contributed by atoms with Crippen LogP contribution in [-0.2, 0) is 0 Å². The van der Waals surface area contributed by atoms with E-state index in [1.54, 1.807) is 12.1 Å². The lowest BCUT2D eigenvalue weighted by molar-refractivity contribution is 0.578. The average molecular weight is 220 g/mol. The highest BCUT2D eigenvalue weighted by molar-refractivity contribution is 5.79. The van der Waals surface area contributed by atoms with Gasteiger partial charge in [0.2, 0.25) is 0 Å². The first kappa shape index (κ1) is 9.08. The molecule has 0 spiro atoms. The van der Waals surface area contributed by atoms with Gasteiger partial charge in [0, 0.05) is 6.07 Å². The van der Waals surface area contributed by atoms with E-state index in [4.69, 9.17) is 4.42 Å². The Kier molecular flexibility index (Phi) is 1.80. The van der Waals surface area contributed by atoms with Gasteiger partial charge in [-0.15, -0.1) is 0 Å². The van der Waals surface area contributed by atoms with E-state index in [2.05, 4.69) is 9.97 Å². The molecule has 2 heterocycles. The maximum Gasteiger partial charge on any atom is 0.174 e. The molecular formula is C11H6F2N2O. The molecule has 0 saturated heterocycles. The van der Waals surface area contributed by atoms with Crippen LogP contribution in [-0.4, -0.2) is 9.97 Å². The van der Waals surface area contributed by atoms with Crippen LogP contribution in [0.2, 0.25) is 0 Å². The Labute approximate surface area is 88.7 Å². The zero-order valence-corrected chi connectivity index (χ0v) is 8.00. The van der Waals surface area contributed by atoms with Crippen LogP contribution in [0, 0.1) is 11.6 Å². The van der Waals surface area contributed by atoms with Gasteiger partial charge in [-0.2, -0.15) is 0 Å². The number of imidazole rings is 1. The summed E-state index contributed by atoms with van der Waals surface area (Å²) in [7, 11) is 0. The Morgan fingerprint density at radius 1 is 1.25 bits per heavy atom. The standard InChI is InChI=1S/C11H6F2N2O/c12-6-4-7(13)10-8(5-6)14-11(15-10)9-2-1-3-16-9/h1-5H,(H,14,15). The van der Waals surface area contributed by atoms with Gasteiger partial charge in [-0.3, -0.25) is 0 Å². The second kappa shape index (κ2) is 3.16. The molecule has 0 aliphatic rings. The molecule has 0 amide bonds. The summed E-state index contributed by atoms with van der Waals surface area (Å²) in [6, 6.07) is 5.37. The Hall–Kier alpha value is -2.17. The summed E-state index contributed by atoms with van der Waals surface area (Å²) in [4.78, 5) is 6.80. The number of aromatic nitrogens is 2. The molecule has 3 rings (SSSR count). The number of benzene rings is 1. The van der Waals surface area contributed by atoms with Crippen LogP contribution in [0.3, 0.4) is 0 Å². The molecular weight excluding hydrogens is 214 g/mol. The normalized spacial score (nSPS) is 11.1. The zero-order chi connectivity index (χ0) is 11.1. The number of rotatable bonds is 1. The first-order valence-corrected chi connectivity index (χ1v) is 4.63. The highest BCUT2D eigenvalue weighted by Crippen LogP contribution is 2.23. The molecule has 0 radical (unpaired) electrons. The van der Waals surface area contributed by atoms with Gasteiger partial charge >= 0.3 is 0 Å². The van der Waals surface area contributed by atoms with E-state index in [9.17, 15) is 8.78 Å². The molecule has 0 fully saturated rings. The lowest BCUT2D eigenvalue weighted by Gasteiger charge is -1.90. The second-order valence-electron chi connectivity index (χ2n) is 3.35. The maximum atomic E-state index is 13.3. The fourth-order valence-electron chi connectivity index (χ4n) is 1.57. The molecule has 80 valence electrons.